The highest BCUT2D eigenvalue weighted by molar-refractivity contribution is 6.00. The molecule has 0 aromatic rings. The molecule has 110 heavy (non-hydrogen) atoms. The lowest BCUT2D eigenvalue weighted by atomic mass is 9.99. The lowest BCUT2D eigenvalue weighted by Gasteiger charge is -2.29. The summed E-state index contributed by atoms with van der Waals surface area (Å²) < 4.78 is 0. The van der Waals surface area contributed by atoms with E-state index in [0.29, 0.717) is 32.2 Å². The fraction of sp³-hybridized carbons (Fsp3) is 0.764. The average molecular weight is 1560 g/mol. The van der Waals surface area contributed by atoms with E-state index in [-0.39, 0.29) is 125 Å². The van der Waals surface area contributed by atoms with Crippen LogP contribution < -0.4 is 115 Å². The van der Waals surface area contributed by atoms with E-state index in [1.165, 1.54) is 13.8 Å². The van der Waals surface area contributed by atoms with Crippen molar-refractivity contribution in [3.8, 4) is 0 Å². The Morgan fingerprint density at radius 3 is 0.873 bits per heavy atom. The van der Waals surface area contributed by atoms with Crippen LogP contribution in [0.2, 0.25) is 0 Å². The summed E-state index contributed by atoms with van der Waals surface area (Å²) in [5, 5.41) is 36.9. The van der Waals surface area contributed by atoms with Crippen molar-refractivity contribution in [1.82, 2.24) is 74.4 Å². The standard InChI is InChI=1S/C72H135N23O15/c1-37(2)31-50(91-69(109)57(42(11)12)94-65(105)46(85-45(16)96)23-17-19-27-73)61(101)82-35-54(97)86-47(25-21-29-80-71(76)77)63(103)89-52(33-39(5)6)67(107)84-44(15)60(100)88-49(24-18-20-28-74)66(106)95-58(43(13)14)70(110)92-51(32-38(3)4)62(102)83-36-55(98)87-48(26-22-30-81-72(78)79)64(104)90-53(34-40(7)8)68(108)93-56(41(9)10)59(75)99/h37-44,46-53,56-58H,17-36,73-74H2,1-16H3,(H2,75,99)(H,82,101)(H,83,102)(H,84,107)(H,85,96)(H,86,97)(H,87,98)(H,88,100)(H,89,103)(H,90,104)(H,91,109)(H,92,110)(H,93,108)(H,94,105)(H,95,106)(H4,76,77,80)(H4,78,79,81)/t44-,46-,47-,48-,49-,50-,51-,52-,53-,56-,57-,58-/m0/s1. The number of carbonyl (C=O) groups excluding carboxylic acids is 15. The molecular formula is C72H135N23O15. The number of hydrogen-bond acceptors (Lipinski definition) is 19. The number of hydrogen-bond donors (Lipinski definition) is 21. The predicted molar refractivity (Wildman–Crippen MR) is 418 cm³/mol. The van der Waals surface area contributed by atoms with Crippen molar-refractivity contribution in [1.29, 1.82) is 0 Å². The van der Waals surface area contributed by atoms with Gasteiger partial charge < -0.3 is 115 Å². The van der Waals surface area contributed by atoms with E-state index in [2.05, 4.69) is 84.4 Å². The first-order chi connectivity index (χ1) is 51.3. The molecule has 0 fully saturated rings. The summed E-state index contributed by atoms with van der Waals surface area (Å²) >= 11 is 0. The van der Waals surface area contributed by atoms with Gasteiger partial charge in [0.25, 0.3) is 0 Å². The average Bonchev–Trinajstić information content (AvgIpc) is 0.867. The lowest BCUT2D eigenvalue weighted by Crippen LogP contribution is -2.60. The largest absolute Gasteiger partial charge is 0.370 e. The highest BCUT2D eigenvalue weighted by atomic mass is 16.2. The smallest absolute Gasteiger partial charge is 0.243 e. The van der Waals surface area contributed by atoms with Gasteiger partial charge in [-0.05, 0) is 151 Å². The van der Waals surface area contributed by atoms with Crippen LogP contribution in [0.3, 0.4) is 0 Å². The third kappa shape index (κ3) is 42.5. The number of nitrogens with two attached hydrogens (primary N) is 7. The van der Waals surface area contributed by atoms with E-state index < -0.39 is 186 Å². The van der Waals surface area contributed by atoms with E-state index in [9.17, 15) is 71.9 Å². The third-order valence-electron chi connectivity index (χ3n) is 17.1. The molecule has 12 atom stereocenters. The summed E-state index contributed by atoms with van der Waals surface area (Å²) in [6.07, 6.45) is 2.74. The first-order valence-corrected chi connectivity index (χ1v) is 38.3. The molecule has 0 aromatic carbocycles. The molecule has 0 bridgehead atoms. The number of rotatable bonds is 55. The number of aliphatic imine (C=N–C) groups is 2. The SMILES string of the molecule is CC(=O)N[C@@H](CCCCN)C(=O)N[C@H](C(=O)N[C@@H](CC(C)C)C(=O)NCC(=O)N[C@@H](CCCN=C(N)N)C(=O)N[C@@H](CC(C)C)C(=O)N[C@@H](C)C(=O)N[C@@H](CCCCN)C(=O)N[C@H](C(=O)N[C@@H](CC(C)C)C(=O)NCC(=O)N[C@@H](CCCN=C(N)N)C(=O)N[C@@H](CC(C)C)C(=O)N[C@H](C(N)=O)C(C)C)C(C)C)C(C)C. The molecule has 0 saturated carbocycles. The summed E-state index contributed by atoms with van der Waals surface area (Å²) in [5.41, 5.74) is 39.1. The van der Waals surface area contributed by atoms with Crippen LogP contribution >= 0.6 is 0 Å². The first kappa shape index (κ1) is 101. The first-order valence-electron chi connectivity index (χ1n) is 38.3. The van der Waals surface area contributed by atoms with Gasteiger partial charge in [0.05, 0.1) is 13.1 Å². The Bertz CT molecular complexity index is 3050. The van der Waals surface area contributed by atoms with Gasteiger partial charge in [0, 0.05) is 20.0 Å². The van der Waals surface area contributed by atoms with Crippen molar-refractivity contribution in [2.24, 2.45) is 91.5 Å². The van der Waals surface area contributed by atoms with Crippen molar-refractivity contribution < 1.29 is 71.9 Å². The monoisotopic (exact) mass is 1560 g/mol. The second-order valence-electron chi connectivity index (χ2n) is 30.5. The minimum absolute atomic E-state index is 0.0193. The van der Waals surface area contributed by atoms with E-state index in [1.54, 1.807) is 69.2 Å². The summed E-state index contributed by atoms with van der Waals surface area (Å²) in [4.78, 5) is 213. The van der Waals surface area contributed by atoms with Crippen molar-refractivity contribution >= 4 is 101 Å². The van der Waals surface area contributed by atoms with Gasteiger partial charge in [0.2, 0.25) is 88.6 Å². The summed E-state index contributed by atoms with van der Waals surface area (Å²) in [6, 6.07) is -14.7. The van der Waals surface area contributed by atoms with Crippen LogP contribution in [-0.4, -0.2) is 212 Å². The number of primary amides is 1. The summed E-state index contributed by atoms with van der Waals surface area (Å²) in [5.74, 6) is -13.9. The summed E-state index contributed by atoms with van der Waals surface area (Å²) in [6.45, 7) is 26.4. The molecule has 0 radical (unpaired) electrons. The van der Waals surface area contributed by atoms with Gasteiger partial charge in [-0.2, -0.15) is 0 Å². The Balaban J connectivity index is 6.66. The molecule has 0 aliphatic heterocycles. The van der Waals surface area contributed by atoms with Crippen molar-refractivity contribution in [2.45, 2.75) is 273 Å². The predicted octanol–water partition coefficient (Wildman–Crippen LogP) is -3.92. The minimum atomic E-state index is -1.36. The molecule has 28 N–H and O–H groups in total. The van der Waals surface area contributed by atoms with E-state index in [4.69, 9.17) is 40.1 Å². The van der Waals surface area contributed by atoms with E-state index in [0.717, 1.165) is 0 Å². The Kier molecular flexibility index (Phi) is 48.8. The molecular weight excluding hydrogens is 1430 g/mol. The maximum Gasteiger partial charge on any atom is 0.243 e. The second kappa shape index (κ2) is 53.4. The Morgan fingerprint density at radius 1 is 0.291 bits per heavy atom. The molecule has 0 spiro atoms. The zero-order chi connectivity index (χ0) is 84.2. The van der Waals surface area contributed by atoms with Gasteiger partial charge in [-0.3, -0.25) is 81.9 Å². The van der Waals surface area contributed by atoms with E-state index in [1.807, 2.05) is 27.7 Å². The number of carbonyl (C=O) groups is 15. The maximum atomic E-state index is 14.3. The Hall–Kier alpha value is -9.49. The normalized spacial score (nSPS) is 14.6. The zero-order valence-electron chi connectivity index (χ0n) is 67.7. The molecule has 0 aliphatic carbocycles. The summed E-state index contributed by atoms with van der Waals surface area (Å²) in [7, 11) is 0. The van der Waals surface area contributed by atoms with Crippen LogP contribution in [0.25, 0.3) is 0 Å². The quantitative estimate of drug-likeness (QED) is 0.0157. The fourth-order valence-corrected chi connectivity index (χ4v) is 11.3. The van der Waals surface area contributed by atoms with Gasteiger partial charge in [0.15, 0.2) is 11.9 Å². The second-order valence-corrected chi connectivity index (χ2v) is 30.5. The number of nitrogens with zero attached hydrogens (tertiary/aromatic N) is 2. The Labute approximate surface area is 648 Å². The number of amides is 15. The van der Waals surface area contributed by atoms with Crippen molar-refractivity contribution in [2.75, 3.05) is 39.3 Å². The van der Waals surface area contributed by atoms with Crippen LogP contribution in [0.1, 0.15) is 201 Å². The van der Waals surface area contributed by atoms with Gasteiger partial charge in [-0.25, -0.2) is 0 Å². The molecule has 0 aliphatic rings. The van der Waals surface area contributed by atoms with Gasteiger partial charge in [-0.1, -0.05) is 96.9 Å². The van der Waals surface area contributed by atoms with Gasteiger partial charge in [-0.15, -0.1) is 0 Å². The minimum Gasteiger partial charge on any atom is -0.370 e. The fourth-order valence-electron chi connectivity index (χ4n) is 11.3. The molecule has 0 saturated heterocycles. The van der Waals surface area contributed by atoms with Gasteiger partial charge >= 0.3 is 0 Å². The van der Waals surface area contributed by atoms with Crippen LogP contribution in [0, 0.1) is 41.4 Å². The molecule has 15 amide bonds. The van der Waals surface area contributed by atoms with Gasteiger partial charge in [0.1, 0.15) is 72.5 Å². The Morgan fingerprint density at radius 2 is 0.564 bits per heavy atom. The number of unbranched alkanes of at least 4 members (excludes halogenated alkanes) is 2. The topological polar surface area (TPSA) is 631 Å². The molecule has 0 aromatic heterocycles. The lowest BCUT2D eigenvalue weighted by molar-refractivity contribution is -0.136. The highest BCUT2D eigenvalue weighted by Crippen LogP contribution is 2.15. The number of guanidine groups is 2. The zero-order valence-corrected chi connectivity index (χ0v) is 67.7. The van der Waals surface area contributed by atoms with Crippen LogP contribution in [0.15, 0.2) is 9.98 Å². The molecule has 0 rings (SSSR count). The molecule has 38 heteroatoms. The molecule has 628 valence electrons. The maximum absolute atomic E-state index is 14.3. The molecule has 38 nitrogen and oxygen atoms in total. The van der Waals surface area contributed by atoms with Crippen LogP contribution in [0.4, 0.5) is 0 Å². The third-order valence-corrected chi connectivity index (χ3v) is 17.1. The van der Waals surface area contributed by atoms with Crippen molar-refractivity contribution in [3.63, 3.8) is 0 Å². The highest BCUT2D eigenvalue weighted by Gasteiger charge is 2.37. The van der Waals surface area contributed by atoms with E-state index >= 15 is 0 Å². The molecule has 0 heterocycles. The van der Waals surface area contributed by atoms with Crippen molar-refractivity contribution in [3.05, 3.63) is 0 Å². The molecule has 0 unspecified atom stereocenters. The van der Waals surface area contributed by atoms with Crippen LogP contribution in [0.5, 0.6) is 0 Å². The number of nitrogens with one attached hydrogen (secondary N) is 14. The van der Waals surface area contributed by atoms with Crippen LogP contribution in [-0.2, 0) is 71.9 Å².